The lowest BCUT2D eigenvalue weighted by atomic mass is 9.94. The molecule has 0 saturated carbocycles. The van der Waals surface area contributed by atoms with Crippen molar-refractivity contribution >= 4 is 21.8 Å². The third-order valence-corrected chi connectivity index (χ3v) is 7.11. The fourth-order valence-electron chi connectivity index (χ4n) is 3.96. The van der Waals surface area contributed by atoms with E-state index in [9.17, 15) is 18.0 Å². The van der Waals surface area contributed by atoms with Gasteiger partial charge in [0.1, 0.15) is 5.54 Å². The van der Waals surface area contributed by atoms with Crippen LogP contribution in [0.15, 0.2) is 54.6 Å². The third kappa shape index (κ3) is 5.75. The Labute approximate surface area is 190 Å². The summed E-state index contributed by atoms with van der Waals surface area (Å²) in [6.45, 7) is 4.01. The van der Waals surface area contributed by atoms with Crippen LogP contribution in [0, 0.1) is 6.92 Å². The monoisotopic (exact) mass is 457 g/mol. The number of aryl methyl sites for hydroxylation is 2. The van der Waals surface area contributed by atoms with Crippen LogP contribution in [0.5, 0.6) is 0 Å². The Hall–Kier alpha value is -2.71. The predicted molar refractivity (Wildman–Crippen MR) is 124 cm³/mol. The van der Waals surface area contributed by atoms with Crippen LogP contribution in [0.25, 0.3) is 0 Å². The molecule has 0 bridgehead atoms. The van der Waals surface area contributed by atoms with Gasteiger partial charge in [-0.2, -0.15) is 4.31 Å². The second kappa shape index (κ2) is 9.83. The van der Waals surface area contributed by atoms with E-state index in [1.807, 2.05) is 61.5 Å². The Kier molecular flexibility index (Phi) is 7.36. The van der Waals surface area contributed by atoms with Crippen molar-refractivity contribution in [1.82, 2.24) is 14.5 Å². The van der Waals surface area contributed by atoms with Gasteiger partial charge in [-0.25, -0.2) is 8.42 Å². The number of hydrogen-bond acceptors (Lipinski definition) is 4. The summed E-state index contributed by atoms with van der Waals surface area (Å²) < 4.78 is 25.5. The van der Waals surface area contributed by atoms with E-state index in [0.717, 1.165) is 33.7 Å². The van der Waals surface area contributed by atoms with Gasteiger partial charge in [0, 0.05) is 19.6 Å². The molecule has 1 heterocycles. The zero-order valence-corrected chi connectivity index (χ0v) is 19.7. The molecule has 0 aromatic heterocycles. The van der Waals surface area contributed by atoms with Crippen LogP contribution in [0.2, 0.25) is 0 Å². The number of amides is 2. The smallest absolute Gasteiger partial charge is 0.247 e. The number of sulfonamides is 1. The molecule has 3 rings (SSSR count). The minimum Gasteiger partial charge on any atom is -0.350 e. The van der Waals surface area contributed by atoms with E-state index in [1.165, 1.54) is 0 Å². The summed E-state index contributed by atoms with van der Waals surface area (Å²) in [6.07, 6.45) is 2.51. The predicted octanol–water partition coefficient (Wildman–Crippen LogP) is 2.11. The number of carbonyl (C=O) groups excluding carboxylic acids is 2. The lowest BCUT2D eigenvalue weighted by molar-refractivity contribution is -0.152. The molecule has 1 aliphatic heterocycles. The molecule has 172 valence electrons. The second-order valence-electron chi connectivity index (χ2n) is 8.61. The van der Waals surface area contributed by atoms with Crippen LogP contribution in [0.4, 0.5) is 0 Å². The summed E-state index contributed by atoms with van der Waals surface area (Å²) in [5.41, 5.74) is 1.92. The van der Waals surface area contributed by atoms with Gasteiger partial charge >= 0.3 is 0 Å². The highest BCUT2D eigenvalue weighted by atomic mass is 32.2. The zero-order valence-electron chi connectivity index (χ0n) is 18.9. The summed E-state index contributed by atoms with van der Waals surface area (Å²) >= 11 is 0. The summed E-state index contributed by atoms with van der Waals surface area (Å²) in [5.74, 6) is -0.720. The first-order valence-corrected chi connectivity index (χ1v) is 12.6. The van der Waals surface area contributed by atoms with Crippen molar-refractivity contribution < 1.29 is 18.0 Å². The first-order chi connectivity index (χ1) is 15.1. The lowest BCUT2D eigenvalue weighted by Gasteiger charge is -2.46. The van der Waals surface area contributed by atoms with Crippen LogP contribution < -0.4 is 5.32 Å². The summed E-state index contributed by atoms with van der Waals surface area (Å²) in [7, 11) is -3.62. The number of nitrogens with zero attached hydrogens (tertiary/aromatic N) is 2. The number of rotatable bonds is 8. The molecular formula is C24H31N3O4S. The molecule has 7 nitrogen and oxygen atoms in total. The van der Waals surface area contributed by atoms with Crippen molar-refractivity contribution in [2.75, 3.05) is 25.9 Å². The van der Waals surface area contributed by atoms with Gasteiger partial charge in [0.2, 0.25) is 21.8 Å². The molecule has 32 heavy (non-hydrogen) atoms. The third-order valence-electron chi connectivity index (χ3n) is 5.91. The van der Waals surface area contributed by atoms with E-state index < -0.39 is 15.6 Å². The van der Waals surface area contributed by atoms with E-state index in [2.05, 4.69) is 5.32 Å². The van der Waals surface area contributed by atoms with Gasteiger partial charge in [0.15, 0.2) is 0 Å². The molecule has 2 aromatic carbocycles. The van der Waals surface area contributed by atoms with E-state index in [4.69, 9.17) is 0 Å². The van der Waals surface area contributed by atoms with Gasteiger partial charge in [0.05, 0.1) is 12.8 Å². The highest BCUT2D eigenvalue weighted by molar-refractivity contribution is 7.88. The van der Waals surface area contributed by atoms with Crippen molar-refractivity contribution in [2.24, 2.45) is 0 Å². The number of piperazine rings is 1. The second-order valence-corrected chi connectivity index (χ2v) is 10.6. The van der Waals surface area contributed by atoms with Gasteiger partial charge in [-0.05, 0) is 37.8 Å². The van der Waals surface area contributed by atoms with Crippen molar-refractivity contribution in [3.63, 3.8) is 0 Å². The van der Waals surface area contributed by atoms with Crippen LogP contribution >= 0.6 is 0 Å². The minimum atomic E-state index is -3.62. The van der Waals surface area contributed by atoms with E-state index >= 15 is 0 Å². The van der Waals surface area contributed by atoms with Gasteiger partial charge in [-0.3, -0.25) is 9.59 Å². The van der Waals surface area contributed by atoms with E-state index in [-0.39, 0.29) is 24.9 Å². The molecular weight excluding hydrogens is 426 g/mol. The average molecular weight is 458 g/mol. The maximum Gasteiger partial charge on any atom is 0.247 e. The standard InChI is InChI=1S/C24H31N3O4S/c1-19-11-13-21(14-12-19)16-25-23(29)24(2)18-26(32(3,30)31)17-22(28)27(24)15-7-10-20-8-5-4-6-9-20/h4-6,8-9,11-14H,7,10,15-18H2,1-3H3,(H,25,29)/t24-/m0/s1. The Bertz CT molecular complexity index is 1050. The normalized spacial score (nSPS) is 19.7. The number of nitrogens with one attached hydrogen (secondary N) is 1. The van der Waals surface area contributed by atoms with Crippen LogP contribution in [0.3, 0.4) is 0 Å². The SMILES string of the molecule is Cc1ccc(CNC(=O)[C@]2(C)CN(S(C)(=O)=O)CC(=O)N2CCCc2ccccc2)cc1. The van der Waals surface area contributed by atoms with Crippen molar-refractivity contribution in [3.8, 4) is 0 Å². The van der Waals surface area contributed by atoms with Crippen LogP contribution in [0.1, 0.15) is 30.0 Å². The molecule has 2 aromatic rings. The summed E-state index contributed by atoms with van der Waals surface area (Å²) in [6, 6.07) is 17.7. The Morgan fingerprint density at radius 1 is 1.06 bits per heavy atom. The van der Waals surface area contributed by atoms with Crippen LogP contribution in [-0.4, -0.2) is 60.9 Å². The molecule has 0 radical (unpaired) electrons. The molecule has 8 heteroatoms. The van der Waals surface area contributed by atoms with Crippen molar-refractivity contribution in [2.45, 2.75) is 38.8 Å². The van der Waals surface area contributed by atoms with Gasteiger partial charge in [-0.1, -0.05) is 60.2 Å². The first kappa shape index (κ1) is 23.9. The minimum absolute atomic E-state index is 0.0668. The van der Waals surface area contributed by atoms with Crippen LogP contribution in [-0.2, 0) is 32.6 Å². The fourth-order valence-corrected chi connectivity index (χ4v) is 4.79. The molecule has 1 aliphatic rings. The maximum atomic E-state index is 13.3. The molecule has 1 fully saturated rings. The quantitative estimate of drug-likeness (QED) is 0.658. The molecule has 0 aliphatic carbocycles. The lowest BCUT2D eigenvalue weighted by Crippen LogP contribution is -2.69. The van der Waals surface area contributed by atoms with Crippen molar-refractivity contribution in [1.29, 1.82) is 0 Å². The molecule has 0 spiro atoms. The summed E-state index contributed by atoms with van der Waals surface area (Å²) in [5, 5.41) is 2.90. The van der Waals surface area contributed by atoms with Gasteiger partial charge in [-0.15, -0.1) is 0 Å². The maximum absolute atomic E-state index is 13.3. The van der Waals surface area contributed by atoms with Gasteiger partial charge in [0.25, 0.3) is 0 Å². The topological polar surface area (TPSA) is 86.8 Å². The molecule has 1 saturated heterocycles. The number of carbonyl (C=O) groups is 2. The Morgan fingerprint density at radius 2 is 1.72 bits per heavy atom. The van der Waals surface area contributed by atoms with Gasteiger partial charge < -0.3 is 10.2 Å². The van der Waals surface area contributed by atoms with E-state index in [1.54, 1.807) is 11.8 Å². The molecule has 1 N–H and O–H groups in total. The van der Waals surface area contributed by atoms with Crippen molar-refractivity contribution in [3.05, 3.63) is 71.3 Å². The number of benzene rings is 2. The highest BCUT2D eigenvalue weighted by Gasteiger charge is 2.49. The first-order valence-electron chi connectivity index (χ1n) is 10.7. The molecule has 1 atom stereocenters. The highest BCUT2D eigenvalue weighted by Crippen LogP contribution is 2.25. The molecule has 2 amide bonds. The molecule has 0 unspecified atom stereocenters. The zero-order chi connectivity index (χ0) is 23.4. The summed E-state index contributed by atoms with van der Waals surface area (Å²) in [4.78, 5) is 27.8. The Balaban J connectivity index is 1.76. The fraction of sp³-hybridized carbons (Fsp3) is 0.417. The number of hydrogen-bond donors (Lipinski definition) is 1. The largest absolute Gasteiger partial charge is 0.350 e. The average Bonchev–Trinajstić information content (AvgIpc) is 2.75. The van der Waals surface area contributed by atoms with E-state index in [0.29, 0.717) is 19.5 Å². The Morgan fingerprint density at radius 3 is 2.34 bits per heavy atom.